The molecule has 268 valence electrons. The van der Waals surface area contributed by atoms with Crippen molar-refractivity contribution in [1.82, 2.24) is 0 Å². The van der Waals surface area contributed by atoms with Crippen LogP contribution in [0.5, 0.6) is 28.7 Å². The van der Waals surface area contributed by atoms with Crippen molar-refractivity contribution in [3.8, 4) is 28.7 Å². The van der Waals surface area contributed by atoms with Crippen molar-refractivity contribution >= 4 is 29.8 Å². The van der Waals surface area contributed by atoms with Gasteiger partial charge in [0.15, 0.2) is 0 Å². The third kappa shape index (κ3) is 12.3. The molecule has 0 aliphatic rings. The van der Waals surface area contributed by atoms with Crippen molar-refractivity contribution in [2.24, 2.45) is 0 Å². The van der Waals surface area contributed by atoms with Crippen molar-refractivity contribution in [2.45, 2.75) is 19.8 Å². The van der Waals surface area contributed by atoms with E-state index in [1.807, 2.05) is 0 Å². The SMILES string of the molecule is C=CC(=O)OCCCCOc1ccc(C(=O)Oc2ccc(OC(=O)c3ccc(OC(=O)c4ccc(OCCOC(=O)C(=C)C)cc4)cc3)cc2)cc1. The summed E-state index contributed by atoms with van der Waals surface area (Å²) in [7, 11) is 0. The molecule has 0 aliphatic carbocycles. The van der Waals surface area contributed by atoms with E-state index in [-0.39, 0.29) is 48.2 Å². The van der Waals surface area contributed by atoms with Gasteiger partial charge >= 0.3 is 29.8 Å². The van der Waals surface area contributed by atoms with E-state index in [1.54, 1.807) is 43.3 Å². The summed E-state index contributed by atoms with van der Waals surface area (Å²) >= 11 is 0. The summed E-state index contributed by atoms with van der Waals surface area (Å²) in [5.74, 6) is -1.05. The Kier molecular flexibility index (Phi) is 14.3. The molecule has 12 nitrogen and oxygen atoms in total. The molecule has 0 heterocycles. The van der Waals surface area contributed by atoms with Gasteiger partial charge in [0.05, 0.1) is 29.9 Å². The summed E-state index contributed by atoms with van der Waals surface area (Å²) in [5, 5.41) is 0. The predicted octanol–water partition coefficient (Wildman–Crippen LogP) is 6.73. The van der Waals surface area contributed by atoms with Gasteiger partial charge in [0, 0.05) is 11.6 Å². The van der Waals surface area contributed by atoms with Crippen LogP contribution in [0.3, 0.4) is 0 Å². The Morgan fingerprint density at radius 3 is 1.27 bits per heavy atom. The molecular weight excluding hydrogens is 672 g/mol. The van der Waals surface area contributed by atoms with Crippen LogP contribution in [0.2, 0.25) is 0 Å². The highest BCUT2D eigenvalue weighted by Crippen LogP contribution is 2.22. The lowest BCUT2D eigenvalue weighted by Gasteiger charge is -2.09. The maximum atomic E-state index is 12.7. The zero-order valence-electron chi connectivity index (χ0n) is 28.4. The Morgan fingerprint density at radius 1 is 0.500 bits per heavy atom. The lowest BCUT2D eigenvalue weighted by atomic mass is 10.2. The molecule has 52 heavy (non-hydrogen) atoms. The van der Waals surface area contributed by atoms with E-state index < -0.39 is 29.8 Å². The zero-order valence-corrected chi connectivity index (χ0v) is 28.4. The summed E-state index contributed by atoms with van der Waals surface area (Å²) < 4.78 is 37.2. The number of hydrogen-bond acceptors (Lipinski definition) is 12. The molecule has 0 aliphatic heterocycles. The highest BCUT2D eigenvalue weighted by atomic mass is 16.6. The third-order valence-electron chi connectivity index (χ3n) is 6.88. The summed E-state index contributed by atoms with van der Waals surface area (Å²) in [6, 6.07) is 24.5. The first-order valence-corrected chi connectivity index (χ1v) is 16.1. The van der Waals surface area contributed by atoms with E-state index in [9.17, 15) is 24.0 Å². The predicted molar refractivity (Wildman–Crippen MR) is 188 cm³/mol. The topological polar surface area (TPSA) is 150 Å². The number of ether oxygens (including phenoxy) is 7. The number of rotatable bonds is 18. The molecule has 0 spiro atoms. The molecule has 0 atom stereocenters. The van der Waals surface area contributed by atoms with Crippen LogP contribution in [0.1, 0.15) is 50.8 Å². The Morgan fingerprint density at radius 2 is 0.865 bits per heavy atom. The lowest BCUT2D eigenvalue weighted by molar-refractivity contribution is -0.140. The van der Waals surface area contributed by atoms with Gasteiger partial charge in [-0.1, -0.05) is 13.2 Å². The summed E-state index contributed by atoms with van der Waals surface area (Å²) in [4.78, 5) is 60.3. The molecule has 0 amide bonds. The minimum atomic E-state index is -0.647. The molecule has 0 saturated heterocycles. The number of esters is 5. The van der Waals surface area contributed by atoms with E-state index in [1.165, 1.54) is 60.7 Å². The van der Waals surface area contributed by atoms with Crippen LogP contribution < -0.4 is 23.7 Å². The van der Waals surface area contributed by atoms with Gasteiger partial charge in [0.2, 0.25) is 0 Å². The van der Waals surface area contributed by atoms with Crippen LogP contribution in [0.4, 0.5) is 0 Å². The van der Waals surface area contributed by atoms with Gasteiger partial charge in [-0.25, -0.2) is 24.0 Å². The Balaban J connectivity index is 1.18. The second kappa shape index (κ2) is 19.5. The monoisotopic (exact) mass is 708 g/mol. The van der Waals surface area contributed by atoms with E-state index in [0.717, 1.165) is 6.08 Å². The molecule has 0 radical (unpaired) electrons. The fourth-order valence-corrected chi connectivity index (χ4v) is 4.15. The minimum Gasteiger partial charge on any atom is -0.494 e. The third-order valence-corrected chi connectivity index (χ3v) is 6.88. The Hall–Kier alpha value is -6.69. The number of carbonyl (C=O) groups is 5. The van der Waals surface area contributed by atoms with Crippen LogP contribution in [-0.4, -0.2) is 56.3 Å². The summed E-state index contributed by atoms with van der Waals surface area (Å²) in [5.41, 5.74) is 1.10. The van der Waals surface area contributed by atoms with Crippen molar-refractivity contribution in [3.05, 3.63) is 139 Å². The second-order valence-electron chi connectivity index (χ2n) is 10.9. The Labute approximate surface area is 300 Å². The molecule has 4 aromatic rings. The van der Waals surface area contributed by atoms with Gasteiger partial charge in [0.1, 0.15) is 42.0 Å². The fourth-order valence-electron chi connectivity index (χ4n) is 4.15. The average Bonchev–Trinajstić information content (AvgIpc) is 3.16. The molecular formula is C40H36O12. The number of unbranched alkanes of at least 4 members (excludes halogenated alkanes) is 1. The highest BCUT2D eigenvalue weighted by Gasteiger charge is 2.14. The van der Waals surface area contributed by atoms with Gasteiger partial charge in [-0.05, 0) is 117 Å². The zero-order chi connectivity index (χ0) is 37.3. The van der Waals surface area contributed by atoms with Crippen molar-refractivity contribution in [1.29, 1.82) is 0 Å². The quantitative estimate of drug-likeness (QED) is 0.0467. The van der Waals surface area contributed by atoms with Crippen LogP contribution >= 0.6 is 0 Å². The summed E-state index contributed by atoms with van der Waals surface area (Å²) in [6.07, 6.45) is 2.44. The average molecular weight is 709 g/mol. The Bertz CT molecular complexity index is 1860. The second-order valence-corrected chi connectivity index (χ2v) is 10.9. The lowest BCUT2D eigenvalue weighted by Crippen LogP contribution is -2.12. The smallest absolute Gasteiger partial charge is 0.343 e. The summed E-state index contributed by atoms with van der Waals surface area (Å²) in [6.45, 7) is 9.29. The number of hydrogen-bond donors (Lipinski definition) is 0. The molecule has 4 aromatic carbocycles. The van der Waals surface area contributed by atoms with Gasteiger partial charge in [0.25, 0.3) is 0 Å². The van der Waals surface area contributed by atoms with Crippen LogP contribution in [0.15, 0.2) is 122 Å². The molecule has 0 fully saturated rings. The van der Waals surface area contributed by atoms with E-state index >= 15 is 0 Å². The van der Waals surface area contributed by atoms with E-state index in [4.69, 9.17) is 33.2 Å². The first-order chi connectivity index (χ1) is 25.1. The maximum absolute atomic E-state index is 12.7. The largest absolute Gasteiger partial charge is 0.494 e. The molecule has 12 heteroatoms. The normalized spacial score (nSPS) is 10.2. The van der Waals surface area contributed by atoms with Crippen molar-refractivity contribution < 1.29 is 57.1 Å². The van der Waals surface area contributed by atoms with Gasteiger partial charge < -0.3 is 33.2 Å². The van der Waals surface area contributed by atoms with Crippen LogP contribution in [0, 0.1) is 0 Å². The standard InChI is InChI=1S/C40H36O12/c1-4-36(41)48-24-6-5-23-46-31-13-7-28(8-14-31)39(44)51-34-19-21-35(22-20-34)52-40(45)30-11-17-33(18-12-30)50-38(43)29-9-15-32(16-10-29)47-25-26-49-37(42)27(2)3/h4,7-22H,1-2,5-6,23-26H2,3H3. The first-order valence-electron chi connectivity index (χ1n) is 16.1. The van der Waals surface area contributed by atoms with Gasteiger partial charge in [-0.2, -0.15) is 0 Å². The first kappa shape index (κ1) is 38.1. The molecule has 0 aromatic heterocycles. The minimum absolute atomic E-state index is 0.0556. The van der Waals surface area contributed by atoms with Crippen molar-refractivity contribution in [3.63, 3.8) is 0 Å². The van der Waals surface area contributed by atoms with Crippen LogP contribution in [0.25, 0.3) is 0 Å². The van der Waals surface area contributed by atoms with Crippen molar-refractivity contribution in [2.75, 3.05) is 26.4 Å². The van der Waals surface area contributed by atoms with E-state index in [0.29, 0.717) is 42.1 Å². The van der Waals surface area contributed by atoms with Gasteiger partial charge in [-0.3, -0.25) is 0 Å². The molecule has 0 bridgehead atoms. The maximum Gasteiger partial charge on any atom is 0.343 e. The van der Waals surface area contributed by atoms with E-state index in [2.05, 4.69) is 13.2 Å². The number of carbonyl (C=O) groups excluding carboxylic acids is 5. The molecule has 0 unspecified atom stereocenters. The molecule has 0 saturated carbocycles. The number of benzene rings is 4. The fraction of sp³-hybridized carbons (Fsp3) is 0.175. The molecule has 0 N–H and O–H groups in total. The van der Waals surface area contributed by atoms with Gasteiger partial charge in [-0.15, -0.1) is 0 Å². The highest BCUT2D eigenvalue weighted by molar-refractivity contribution is 5.93. The van der Waals surface area contributed by atoms with Crippen LogP contribution in [-0.2, 0) is 19.1 Å². The molecule has 4 rings (SSSR count).